The topological polar surface area (TPSA) is 83.5 Å². The fourth-order valence-electron chi connectivity index (χ4n) is 1.88. The first-order chi connectivity index (χ1) is 9.38. The molecule has 0 spiro atoms. The lowest BCUT2D eigenvalue weighted by Crippen LogP contribution is -2.07. The van der Waals surface area contributed by atoms with E-state index in [0.29, 0.717) is 16.8 Å². The van der Waals surface area contributed by atoms with E-state index < -0.39 is 10.1 Å². The highest BCUT2D eigenvalue weighted by atomic mass is 32.2. The van der Waals surface area contributed by atoms with Gasteiger partial charge in [0.1, 0.15) is 4.90 Å². The molecule has 2 N–H and O–H groups in total. The van der Waals surface area contributed by atoms with Crippen LogP contribution < -0.4 is 5.32 Å². The van der Waals surface area contributed by atoms with Crippen molar-refractivity contribution in [3.05, 3.63) is 48.5 Å². The summed E-state index contributed by atoms with van der Waals surface area (Å²) in [5, 5.41) is 2.58. The Kier molecular flexibility index (Phi) is 3.87. The van der Waals surface area contributed by atoms with Crippen molar-refractivity contribution in [3.8, 4) is 11.1 Å². The van der Waals surface area contributed by atoms with Crippen molar-refractivity contribution in [2.24, 2.45) is 0 Å². The SMILES string of the molecule is CC(=O)Nc1ccc(S(=O)(=O)O)c(-c2ccccc2)c1. The monoisotopic (exact) mass is 291 g/mol. The lowest BCUT2D eigenvalue weighted by Gasteiger charge is -2.10. The first-order valence-corrected chi connectivity index (χ1v) is 7.26. The van der Waals surface area contributed by atoms with Gasteiger partial charge in [-0.2, -0.15) is 8.42 Å². The van der Waals surface area contributed by atoms with E-state index in [0.717, 1.165) is 0 Å². The molecule has 1 amide bonds. The predicted octanol–water partition coefficient (Wildman–Crippen LogP) is 2.56. The van der Waals surface area contributed by atoms with Crippen LogP contribution in [0.3, 0.4) is 0 Å². The molecule has 0 bridgehead atoms. The molecule has 104 valence electrons. The Bertz CT molecular complexity index is 739. The Labute approximate surface area is 117 Å². The molecule has 0 saturated heterocycles. The van der Waals surface area contributed by atoms with Crippen LogP contribution in [-0.4, -0.2) is 18.9 Å². The number of benzene rings is 2. The van der Waals surface area contributed by atoms with E-state index in [1.54, 1.807) is 30.3 Å². The van der Waals surface area contributed by atoms with Gasteiger partial charge in [0.15, 0.2) is 0 Å². The fourth-order valence-corrected chi connectivity index (χ4v) is 2.57. The molecule has 0 radical (unpaired) electrons. The summed E-state index contributed by atoms with van der Waals surface area (Å²) >= 11 is 0. The summed E-state index contributed by atoms with van der Waals surface area (Å²) in [5.41, 5.74) is 1.43. The van der Waals surface area contributed by atoms with Gasteiger partial charge in [-0.3, -0.25) is 9.35 Å². The van der Waals surface area contributed by atoms with Crippen LogP contribution in [0, 0.1) is 0 Å². The van der Waals surface area contributed by atoms with E-state index in [-0.39, 0.29) is 10.8 Å². The molecule has 2 rings (SSSR count). The van der Waals surface area contributed by atoms with Gasteiger partial charge >= 0.3 is 0 Å². The third-order valence-electron chi connectivity index (χ3n) is 2.66. The average Bonchev–Trinajstić information content (AvgIpc) is 2.37. The lowest BCUT2D eigenvalue weighted by molar-refractivity contribution is -0.114. The summed E-state index contributed by atoms with van der Waals surface area (Å²) in [6.07, 6.45) is 0. The van der Waals surface area contributed by atoms with Crippen LogP contribution in [-0.2, 0) is 14.9 Å². The summed E-state index contributed by atoms with van der Waals surface area (Å²) in [6.45, 7) is 1.36. The molecule has 0 saturated carbocycles. The molecule has 6 heteroatoms. The fraction of sp³-hybridized carbons (Fsp3) is 0.0714. The van der Waals surface area contributed by atoms with Crippen molar-refractivity contribution in [2.45, 2.75) is 11.8 Å². The summed E-state index contributed by atoms with van der Waals surface area (Å²) in [6, 6.07) is 13.0. The molecule has 20 heavy (non-hydrogen) atoms. The number of carbonyl (C=O) groups is 1. The Hall–Kier alpha value is -2.18. The maximum Gasteiger partial charge on any atom is 0.295 e. The number of nitrogens with one attached hydrogen (secondary N) is 1. The van der Waals surface area contributed by atoms with Gasteiger partial charge in [-0.15, -0.1) is 0 Å². The molecular weight excluding hydrogens is 278 g/mol. The molecular formula is C14H13NO4S. The summed E-state index contributed by atoms with van der Waals surface area (Å²) in [5.74, 6) is -0.261. The normalized spacial score (nSPS) is 11.1. The summed E-state index contributed by atoms with van der Waals surface area (Å²) in [4.78, 5) is 10.9. The lowest BCUT2D eigenvalue weighted by atomic mass is 10.1. The minimum Gasteiger partial charge on any atom is -0.326 e. The zero-order valence-electron chi connectivity index (χ0n) is 10.7. The number of carbonyl (C=O) groups excluding carboxylic acids is 1. The van der Waals surface area contributed by atoms with Crippen molar-refractivity contribution in [1.82, 2.24) is 0 Å². The van der Waals surface area contributed by atoms with Gasteiger partial charge in [0, 0.05) is 18.2 Å². The Morgan fingerprint density at radius 2 is 1.75 bits per heavy atom. The highest BCUT2D eigenvalue weighted by Gasteiger charge is 2.17. The minimum atomic E-state index is -4.34. The van der Waals surface area contributed by atoms with Gasteiger partial charge in [-0.25, -0.2) is 0 Å². The van der Waals surface area contributed by atoms with E-state index in [1.165, 1.54) is 25.1 Å². The van der Waals surface area contributed by atoms with E-state index >= 15 is 0 Å². The molecule has 0 aliphatic rings. The highest BCUT2D eigenvalue weighted by molar-refractivity contribution is 7.86. The highest BCUT2D eigenvalue weighted by Crippen LogP contribution is 2.30. The van der Waals surface area contributed by atoms with Crippen molar-refractivity contribution >= 4 is 21.7 Å². The predicted molar refractivity (Wildman–Crippen MR) is 76.0 cm³/mol. The number of rotatable bonds is 3. The molecule has 5 nitrogen and oxygen atoms in total. The van der Waals surface area contributed by atoms with Crippen LogP contribution in [0.1, 0.15) is 6.92 Å². The number of hydrogen-bond acceptors (Lipinski definition) is 3. The van der Waals surface area contributed by atoms with Crippen LogP contribution in [0.4, 0.5) is 5.69 Å². The van der Waals surface area contributed by atoms with Crippen LogP contribution in [0.15, 0.2) is 53.4 Å². The standard InChI is InChI=1S/C14H13NO4S/c1-10(16)15-12-7-8-14(20(17,18)19)13(9-12)11-5-3-2-4-6-11/h2-9H,1H3,(H,15,16)(H,17,18,19). The third kappa shape index (κ3) is 3.23. The van der Waals surface area contributed by atoms with Crippen LogP contribution in [0.2, 0.25) is 0 Å². The van der Waals surface area contributed by atoms with Gasteiger partial charge in [0.25, 0.3) is 10.1 Å². The van der Waals surface area contributed by atoms with Crippen LogP contribution in [0.5, 0.6) is 0 Å². The minimum absolute atomic E-state index is 0.196. The van der Waals surface area contributed by atoms with E-state index in [9.17, 15) is 17.8 Å². The van der Waals surface area contributed by atoms with E-state index in [2.05, 4.69) is 5.32 Å². The second kappa shape index (κ2) is 5.44. The molecule has 0 heterocycles. The van der Waals surface area contributed by atoms with E-state index in [4.69, 9.17) is 0 Å². The molecule has 0 aliphatic heterocycles. The van der Waals surface area contributed by atoms with Gasteiger partial charge in [0.05, 0.1) is 0 Å². The zero-order valence-corrected chi connectivity index (χ0v) is 11.5. The molecule has 0 fully saturated rings. The quantitative estimate of drug-likeness (QED) is 0.851. The number of anilines is 1. The second-order valence-corrected chi connectivity index (χ2v) is 5.62. The van der Waals surface area contributed by atoms with Gasteiger partial charge < -0.3 is 5.32 Å². The maximum absolute atomic E-state index is 11.4. The van der Waals surface area contributed by atoms with E-state index in [1.807, 2.05) is 0 Å². The summed E-state index contributed by atoms with van der Waals surface area (Å²) in [7, 11) is -4.34. The van der Waals surface area contributed by atoms with Crippen LogP contribution in [0.25, 0.3) is 11.1 Å². The van der Waals surface area contributed by atoms with Gasteiger partial charge in [0.2, 0.25) is 5.91 Å². The molecule has 0 aliphatic carbocycles. The zero-order chi connectivity index (χ0) is 14.8. The van der Waals surface area contributed by atoms with Gasteiger partial charge in [-0.1, -0.05) is 30.3 Å². The molecule has 0 unspecified atom stereocenters. The second-order valence-electron chi connectivity index (χ2n) is 4.23. The molecule has 0 aromatic heterocycles. The number of amides is 1. The molecule has 2 aromatic rings. The van der Waals surface area contributed by atoms with Crippen molar-refractivity contribution < 1.29 is 17.8 Å². The smallest absolute Gasteiger partial charge is 0.295 e. The van der Waals surface area contributed by atoms with Crippen LogP contribution >= 0.6 is 0 Å². The van der Waals surface area contributed by atoms with Crippen molar-refractivity contribution in [2.75, 3.05) is 5.32 Å². The Balaban J connectivity index is 2.63. The first kappa shape index (κ1) is 14.2. The Morgan fingerprint density at radius 3 is 2.30 bits per heavy atom. The van der Waals surface area contributed by atoms with Crippen molar-refractivity contribution in [1.29, 1.82) is 0 Å². The number of hydrogen-bond donors (Lipinski definition) is 2. The first-order valence-electron chi connectivity index (χ1n) is 5.82. The van der Waals surface area contributed by atoms with Gasteiger partial charge in [-0.05, 0) is 23.8 Å². The Morgan fingerprint density at radius 1 is 1.10 bits per heavy atom. The summed E-state index contributed by atoms with van der Waals surface area (Å²) < 4.78 is 32.1. The average molecular weight is 291 g/mol. The molecule has 0 atom stereocenters. The maximum atomic E-state index is 11.4. The van der Waals surface area contributed by atoms with Crippen molar-refractivity contribution in [3.63, 3.8) is 0 Å². The largest absolute Gasteiger partial charge is 0.326 e. The molecule has 2 aromatic carbocycles. The third-order valence-corrected chi connectivity index (χ3v) is 3.57.